The number of nitrogens with zero attached hydrogens (tertiary/aromatic N) is 3. The third kappa shape index (κ3) is 4.70. The van der Waals surface area contributed by atoms with Crippen LogP contribution in [0.2, 0.25) is 0 Å². The number of ether oxygens (including phenoxy) is 2. The van der Waals surface area contributed by atoms with E-state index in [2.05, 4.69) is 69.4 Å². The van der Waals surface area contributed by atoms with Gasteiger partial charge in [0.2, 0.25) is 5.91 Å². The number of hydrogen-bond acceptors (Lipinski definition) is 8. The lowest BCUT2D eigenvalue weighted by molar-refractivity contribution is -0.121. The summed E-state index contributed by atoms with van der Waals surface area (Å²) in [5.41, 5.74) is 11.8. The van der Waals surface area contributed by atoms with E-state index < -0.39 is 0 Å². The first-order chi connectivity index (χ1) is 17.5. The molecule has 190 valence electrons. The molecule has 2 aromatic carbocycles. The number of amidine groups is 1. The van der Waals surface area contributed by atoms with Crippen molar-refractivity contribution in [3.05, 3.63) is 71.1 Å². The maximum Gasteiger partial charge on any atom is 0.220 e. The molecule has 3 atom stereocenters. The van der Waals surface area contributed by atoms with E-state index in [4.69, 9.17) is 9.47 Å². The lowest BCUT2D eigenvalue weighted by Crippen LogP contribution is -2.54. The number of rotatable bonds is 8. The molecule has 0 spiro atoms. The molecule has 2 aromatic rings. The summed E-state index contributed by atoms with van der Waals surface area (Å²) < 4.78 is 10.6. The molecule has 9 nitrogen and oxygen atoms in total. The van der Waals surface area contributed by atoms with Gasteiger partial charge in [0, 0.05) is 31.8 Å². The lowest BCUT2D eigenvalue weighted by Gasteiger charge is -2.37. The second-order valence-corrected chi connectivity index (χ2v) is 9.53. The number of hydrazine groups is 1. The van der Waals surface area contributed by atoms with Crippen LogP contribution in [0.1, 0.15) is 47.6 Å². The smallest absolute Gasteiger partial charge is 0.220 e. The van der Waals surface area contributed by atoms with Crippen molar-refractivity contribution in [1.82, 2.24) is 26.1 Å². The molecule has 0 aliphatic carbocycles. The Balaban J connectivity index is 1.14. The van der Waals surface area contributed by atoms with Crippen molar-refractivity contribution in [1.29, 1.82) is 0 Å². The summed E-state index contributed by atoms with van der Waals surface area (Å²) in [6, 6.07) is 12.8. The van der Waals surface area contributed by atoms with Gasteiger partial charge in [-0.3, -0.25) is 10.2 Å². The fourth-order valence-corrected chi connectivity index (χ4v) is 5.15. The Bertz CT molecular complexity index is 1200. The molecule has 0 bridgehead atoms. The first-order valence-corrected chi connectivity index (χ1v) is 12.3. The number of aryl methyl sites for hydroxylation is 2. The third-order valence-electron chi connectivity index (χ3n) is 7.14. The number of carbonyl (C=O) groups is 1. The fourth-order valence-electron chi connectivity index (χ4n) is 5.15. The minimum absolute atomic E-state index is 0.0175. The van der Waals surface area contributed by atoms with Crippen LogP contribution in [0.25, 0.3) is 0 Å². The molecule has 1 fully saturated rings. The molecular formula is C27H34N6O3. The Hall–Kier alpha value is -3.72. The second kappa shape index (κ2) is 10.1. The molecule has 36 heavy (non-hydrogen) atoms. The second-order valence-electron chi connectivity index (χ2n) is 9.53. The zero-order valence-corrected chi connectivity index (χ0v) is 21.2. The minimum atomic E-state index is -0.0175. The van der Waals surface area contributed by atoms with E-state index in [1.807, 2.05) is 24.4 Å². The van der Waals surface area contributed by atoms with Crippen LogP contribution >= 0.6 is 0 Å². The van der Waals surface area contributed by atoms with Crippen LogP contribution in [0.5, 0.6) is 11.5 Å². The van der Waals surface area contributed by atoms with Crippen LogP contribution in [0.4, 0.5) is 0 Å². The van der Waals surface area contributed by atoms with Gasteiger partial charge in [0.25, 0.3) is 0 Å². The largest absolute Gasteiger partial charge is 0.493 e. The summed E-state index contributed by atoms with van der Waals surface area (Å²) >= 11 is 0. The van der Waals surface area contributed by atoms with Gasteiger partial charge in [-0.25, -0.2) is 5.43 Å². The summed E-state index contributed by atoms with van der Waals surface area (Å²) in [6.45, 7) is 4.73. The van der Waals surface area contributed by atoms with Gasteiger partial charge in [0.15, 0.2) is 11.5 Å². The van der Waals surface area contributed by atoms with Crippen LogP contribution in [-0.2, 0) is 11.3 Å². The topological polar surface area (TPSA) is 90.5 Å². The van der Waals surface area contributed by atoms with Gasteiger partial charge >= 0.3 is 0 Å². The predicted molar refractivity (Wildman–Crippen MR) is 138 cm³/mol. The molecule has 3 unspecified atom stereocenters. The van der Waals surface area contributed by atoms with Gasteiger partial charge < -0.3 is 24.7 Å². The molecular weight excluding hydrogens is 456 g/mol. The normalized spacial score (nSPS) is 22.0. The number of methoxy groups -OCH3 is 2. The van der Waals surface area contributed by atoms with Gasteiger partial charge in [-0.1, -0.05) is 29.8 Å². The van der Waals surface area contributed by atoms with Crippen molar-refractivity contribution in [3.63, 3.8) is 0 Å². The maximum atomic E-state index is 12.6. The van der Waals surface area contributed by atoms with Crippen LogP contribution in [0.3, 0.4) is 0 Å². The first kappa shape index (κ1) is 24.0. The first-order valence-electron chi connectivity index (χ1n) is 12.3. The zero-order chi connectivity index (χ0) is 25.2. The average Bonchev–Trinajstić information content (AvgIpc) is 3.51. The Morgan fingerprint density at radius 1 is 1.11 bits per heavy atom. The van der Waals surface area contributed by atoms with Crippen LogP contribution < -0.4 is 25.6 Å². The van der Waals surface area contributed by atoms with E-state index in [0.717, 1.165) is 17.8 Å². The van der Waals surface area contributed by atoms with Crippen molar-refractivity contribution in [2.75, 3.05) is 14.2 Å². The fraction of sp³-hybridized carbons (Fsp3) is 0.407. The van der Waals surface area contributed by atoms with E-state index in [1.165, 1.54) is 16.7 Å². The summed E-state index contributed by atoms with van der Waals surface area (Å²) in [7, 11) is 3.20. The van der Waals surface area contributed by atoms with Gasteiger partial charge in [0.1, 0.15) is 12.0 Å². The minimum Gasteiger partial charge on any atom is -0.493 e. The highest BCUT2D eigenvalue weighted by Gasteiger charge is 2.44. The van der Waals surface area contributed by atoms with Gasteiger partial charge in [-0.2, -0.15) is 5.10 Å². The monoisotopic (exact) mass is 490 g/mol. The van der Waals surface area contributed by atoms with Crippen molar-refractivity contribution < 1.29 is 14.3 Å². The van der Waals surface area contributed by atoms with Crippen molar-refractivity contribution in [3.8, 4) is 11.5 Å². The van der Waals surface area contributed by atoms with Crippen LogP contribution in [0.15, 0.2) is 53.9 Å². The molecule has 5 rings (SSSR count). The number of benzene rings is 2. The number of fused-ring (bicyclic) bond motifs is 3. The number of amides is 1. The average molecular weight is 491 g/mol. The highest BCUT2D eigenvalue weighted by molar-refractivity contribution is 5.89. The van der Waals surface area contributed by atoms with Crippen molar-refractivity contribution >= 4 is 11.7 Å². The highest BCUT2D eigenvalue weighted by Crippen LogP contribution is 2.35. The Morgan fingerprint density at radius 3 is 2.75 bits per heavy atom. The van der Waals surface area contributed by atoms with E-state index in [0.29, 0.717) is 30.9 Å². The highest BCUT2D eigenvalue weighted by atomic mass is 16.5. The molecule has 0 radical (unpaired) electrons. The van der Waals surface area contributed by atoms with Crippen molar-refractivity contribution in [2.45, 2.75) is 57.9 Å². The summed E-state index contributed by atoms with van der Waals surface area (Å²) in [6.07, 6.45) is 6.06. The molecule has 1 amide bonds. The Labute approximate surface area is 212 Å². The Kier molecular flexibility index (Phi) is 6.73. The predicted octanol–water partition coefficient (Wildman–Crippen LogP) is 3.07. The van der Waals surface area contributed by atoms with Crippen LogP contribution in [-0.4, -0.2) is 48.1 Å². The number of nitrogens with one attached hydrogen (secondary N) is 3. The van der Waals surface area contributed by atoms with Crippen LogP contribution in [0, 0.1) is 13.8 Å². The van der Waals surface area contributed by atoms with E-state index in [-0.39, 0.29) is 24.2 Å². The van der Waals surface area contributed by atoms with E-state index >= 15 is 0 Å². The number of hydrogen-bond donors (Lipinski definition) is 3. The SMILES string of the molecule is COc1ccc(CNC(=O)CCC2=NNC3C4CC(c5cc(C)ccc5C)NN4C=CN23)cc1OC. The number of hydrazone groups is 1. The standard InChI is InChI=1S/C27H34N6O3/c1-17-5-6-18(2)20(13-17)21-15-22-27-30-29-25(32(27)11-12-33(22)31-21)9-10-26(34)28-16-19-7-8-23(35-3)24(14-19)36-4/h5-8,11-14,21-22,27,30-31H,9-10,15-16H2,1-4H3,(H,28,34). The molecule has 0 saturated carbocycles. The molecule has 1 saturated heterocycles. The molecule has 0 aromatic heterocycles. The third-order valence-corrected chi connectivity index (χ3v) is 7.14. The number of carbonyl (C=O) groups excluding carboxylic acids is 1. The molecule has 3 aliphatic rings. The lowest BCUT2D eigenvalue weighted by atomic mass is 9.95. The van der Waals surface area contributed by atoms with Gasteiger partial charge in [-0.15, -0.1) is 0 Å². The van der Waals surface area contributed by atoms with Gasteiger partial charge in [-0.05, 0) is 49.1 Å². The van der Waals surface area contributed by atoms with Gasteiger partial charge in [0.05, 0.1) is 26.3 Å². The molecule has 3 N–H and O–H groups in total. The zero-order valence-electron chi connectivity index (χ0n) is 21.2. The molecule has 9 heteroatoms. The summed E-state index contributed by atoms with van der Waals surface area (Å²) in [4.78, 5) is 14.7. The van der Waals surface area contributed by atoms with E-state index in [9.17, 15) is 4.79 Å². The quantitative estimate of drug-likeness (QED) is 0.524. The summed E-state index contributed by atoms with van der Waals surface area (Å²) in [5, 5.41) is 9.76. The van der Waals surface area contributed by atoms with Crippen molar-refractivity contribution in [2.24, 2.45) is 5.10 Å². The molecule has 3 aliphatic heterocycles. The van der Waals surface area contributed by atoms with E-state index in [1.54, 1.807) is 14.2 Å². The Morgan fingerprint density at radius 2 is 1.94 bits per heavy atom. The molecule has 3 heterocycles. The maximum absolute atomic E-state index is 12.6. The summed E-state index contributed by atoms with van der Waals surface area (Å²) in [5.74, 6) is 2.18.